The van der Waals surface area contributed by atoms with E-state index < -0.39 is 0 Å². The molecular weight excluding hydrogens is 551 g/mol. The van der Waals surface area contributed by atoms with Crippen molar-refractivity contribution in [2.24, 2.45) is 0 Å². The molecule has 4 rings (SSSR count). The molecule has 0 saturated carbocycles. The van der Waals surface area contributed by atoms with Gasteiger partial charge in [-0.2, -0.15) is 0 Å². The topological polar surface area (TPSA) is 42.5 Å². The van der Waals surface area contributed by atoms with E-state index in [2.05, 4.69) is 122 Å². The molecule has 0 atom stereocenters. The van der Waals surface area contributed by atoms with Crippen molar-refractivity contribution in [3.05, 3.63) is 131 Å². The van der Waals surface area contributed by atoms with Gasteiger partial charge in [0.05, 0.1) is 13.2 Å². The Morgan fingerprint density at radius 1 is 0.512 bits per heavy atom. The highest BCUT2D eigenvalue weighted by atomic mass is 35.5. The monoisotopic (exact) mass is 594 g/mol. The third kappa shape index (κ3) is 11.4. The molecule has 0 amide bonds. The van der Waals surface area contributed by atoms with Crippen LogP contribution in [0.15, 0.2) is 109 Å². The Balaban J connectivity index is 0.00000294. The van der Waals surface area contributed by atoms with E-state index in [-0.39, 0.29) is 30.2 Å². The zero-order valence-corrected chi connectivity index (χ0v) is 25.8. The number of ether oxygens (including phenoxy) is 2. The summed E-state index contributed by atoms with van der Waals surface area (Å²) < 4.78 is 11.9. The van der Waals surface area contributed by atoms with Crippen LogP contribution in [0.25, 0.3) is 0 Å². The molecule has 0 aliphatic heterocycles. The Kier molecular flexibility index (Phi) is 15.4. The maximum atomic E-state index is 5.97. The normalized spacial score (nSPS) is 10.8. The highest BCUT2D eigenvalue weighted by molar-refractivity contribution is 5.85. The lowest BCUT2D eigenvalue weighted by molar-refractivity contribution is 0.308. The molecule has 6 heteroatoms. The maximum Gasteiger partial charge on any atom is 0.119 e. The summed E-state index contributed by atoms with van der Waals surface area (Å²) in [4.78, 5) is 0. The fraction of sp³-hybridized carbons (Fsp3) is 0.314. The average molecular weight is 596 g/mol. The second-order valence-corrected chi connectivity index (χ2v) is 10.4. The van der Waals surface area contributed by atoms with Gasteiger partial charge in [-0.25, -0.2) is 0 Å². The van der Waals surface area contributed by atoms with Crippen molar-refractivity contribution in [1.82, 2.24) is 10.6 Å². The first-order chi connectivity index (χ1) is 19.1. The van der Waals surface area contributed by atoms with E-state index in [1.165, 1.54) is 22.3 Å². The van der Waals surface area contributed by atoms with Crippen LogP contribution in [-0.4, -0.2) is 26.3 Å². The highest BCUT2D eigenvalue weighted by Crippen LogP contribution is 2.33. The Bertz CT molecular complexity index is 1120. The SMILES string of the molecule is CC(C)(c1ccc(OCCCNCc2ccccc2)cc1)c1ccc(OCCCNCc2ccccc2)cc1.Cl.Cl. The molecule has 0 saturated heterocycles. The van der Waals surface area contributed by atoms with Gasteiger partial charge >= 0.3 is 0 Å². The number of halogens is 2. The zero-order chi connectivity index (χ0) is 27.2. The highest BCUT2D eigenvalue weighted by Gasteiger charge is 2.23. The lowest BCUT2D eigenvalue weighted by Gasteiger charge is -2.26. The molecule has 41 heavy (non-hydrogen) atoms. The van der Waals surface area contributed by atoms with E-state index in [4.69, 9.17) is 9.47 Å². The van der Waals surface area contributed by atoms with Crippen molar-refractivity contribution in [3.63, 3.8) is 0 Å². The average Bonchev–Trinajstić information content (AvgIpc) is 2.98. The van der Waals surface area contributed by atoms with Crippen LogP contribution in [0.2, 0.25) is 0 Å². The maximum absolute atomic E-state index is 5.97. The first-order valence-corrected chi connectivity index (χ1v) is 14.1. The van der Waals surface area contributed by atoms with Crippen LogP contribution >= 0.6 is 24.8 Å². The Morgan fingerprint density at radius 3 is 1.24 bits per heavy atom. The summed E-state index contributed by atoms with van der Waals surface area (Å²) in [5.74, 6) is 1.83. The van der Waals surface area contributed by atoms with Gasteiger partial charge in [-0.3, -0.25) is 0 Å². The molecule has 0 aromatic heterocycles. The summed E-state index contributed by atoms with van der Waals surface area (Å²) in [5, 5.41) is 6.94. The van der Waals surface area contributed by atoms with Crippen LogP contribution in [-0.2, 0) is 18.5 Å². The fourth-order valence-electron chi connectivity index (χ4n) is 4.53. The predicted molar refractivity (Wildman–Crippen MR) is 176 cm³/mol. The van der Waals surface area contributed by atoms with Crippen LogP contribution in [0.4, 0.5) is 0 Å². The third-order valence-corrected chi connectivity index (χ3v) is 7.03. The first kappa shape index (κ1) is 34.2. The molecule has 2 N–H and O–H groups in total. The first-order valence-electron chi connectivity index (χ1n) is 14.1. The van der Waals surface area contributed by atoms with E-state index in [9.17, 15) is 0 Å². The molecule has 0 aliphatic rings. The second kappa shape index (κ2) is 18.4. The molecule has 220 valence electrons. The molecular formula is C35H44Cl2N2O2. The lowest BCUT2D eigenvalue weighted by atomic mass is 9.78. The number of hydrogen-bond donors (Lipinski definition) is 2. The molecule has 4 aromatic carbocycles. The van der Waals surface area contributed by atoms with Crippen LogP contribution in [0.5, 0.6) is 11.5 Å². The van der Waals surface area contributed by atoms with E-state index in [1.807, 2.05) is 12.1 Å². The number of hydrogen-bond acceptors (Lipinski definition) is 4. The fourth-order valence-corrected chi connectivity index (χ4v) is 4.53. The predicted octanol–water partition coefficient (Wildman–Crippen LogP) is 7.97. The number of nitrogens with one attached hydrogen (secondary N) is 2. The third-order valence-electron chi connectivity index (χ3n) is 7.03. The van der Waals surface area contributed by atoms with Gasteiger partial charge in [0.15, 0.2) is 0 Å². The summed E-state index contributed by atoms with van der Waals surface area (Å²) in [6.45, 7) is 9.58. The Morgan fingerprint density at radius 2 is 0.878 bits per heavy atom. The van der Waals surface area contributed by atoms with Gasteiger partial charge in [-0.05, 0) is 72.5 Å². The van der Waals surface area contributed by atoms with Crippen molar-refractivity contribution in [2.45, 2.75) is 45.2 Å². The summed E-state index contributed by atoms with van der Waals surface area (Å²) in [5.41, 5.74) is 5.03. The van der Waals surface area contributed by atoms with Crippen LogP contribution < -0.4 is 20.1 Å². The summed E-state index contributed by atoms with van der Waals surface area (Å²) in [6, 6.07) is 38.0. The van der Waals surface area contributed by atoms with E-state index in [0.717, 1.165) is 50.5 Å². The zero-order valence-electron chi connectivity index (χ0n) is 24.2. The Labute approximate surface area is 258 Å². The Hall–Kier alpha value is -3.02. The smallest absolute Gasteiger partial charge is 0.119 e. The molecule has 0 radical (unpaired) electrons. The minimum atomic E-state index is -0.111. The molecule has 0 heterocycles. The number of rotatable bonds is 16. The van der Waals surface area contributed by atoms with Gasteiger partial charge in [0.2, 0.25) is 0 Å². The molecule has 0 aliphatic carbocycles. The van der Waals surface area contributed by atoms with E-state index >= 15 is 0 Å². The van der Waals surface area contributed by atoms with Crippen molar-refractivity contribution in [1.29, 1.82) is 0 Å². The van der Waals surface area contributed by atoms with Crippen molar-refractivity contribution in [2.75, 3.05) is 26.3 Å². The lowest BCUT2D eigenvalue weighted by Crippen LogP contribution is -2.19. The van der Waals surface area contributed by atoms with Crippen molar-refractivity contribution in [3.8, 4) is 11.5 Å². The van der Waals surface area contributed by atoms with Gasteiger partial charge in [0, 0.05) is 18.5 Å². The standard InChI is InChI=1S/C35H42N2O2.2ClH/c1-35(2,31-15-19-33(20-16-31)38-25-9-23-36-27-29-11-5-3-6-12-29)32-17-21-34(22-18-32)39-26-10-24-37-28-30-13-7-4-8-14-30;;/h3-8,11-22,36-37H,9-10,23-28H2,1-2H3;2*1H. The molecule has 0 unspecified atom stereocenters. The molecule has 0 spiro atoms. The second-order valence-electron chi connectivity index (χ2n) is 10.4. The largest absolute Gasteiger partial charge is 0.494 e. The van der Waals surface area contributed by atoms with Crippen LogP contribution in [0, 0.1) is 0 Å². The van der Waals surface area contributed by atoms with Gasteiger partial charge in [0.25, 0.3) is 0 Å². The van der Waals surface area contributed by atoms with Crippen LogP contribution in [0.3, 0.4) is 0 Å². The van der Waals surface area contributed by atoms with Crippen LogP contribution in [0.1, 0.15) is 48.9 Å². The summed E-state index contributed by atoms with van der Waals surface area (Å²) in [6.07, 6.45) is 1.94. The summed E-state index contributed by atoms with van der Waals surface area (Å²) in [7, 11) is 0. The quantitative estimate of drug-likeness (QED) is 0.129. The summed E-state index contributed by atoms with van der Waals surface area (Å²) >= 11 is 0. The minimum absolute atomic E-state index is 0. The molecule has 4 aromatic rings. The molecule has 4 nitrogen and oxygen atoms in total. The van der Waals surface area contributed by atoms with Gasteiger partial charge < -0.3 is 20.1 Å². The molecule has 0 fully saturated rings. The van der Waals surface area contributed by atoms with E-state index in [0.29, 0.717) is 13.2 Å². The van der Waals surface area contributed by atoms with Crippen molar-refractivity contribution < 1.29 is 9.47 Å². The van der Waals surface area contributed by atoms with Gasteiger partial charge in [-0.15, -0.1) is 24.8 Å². The van der Waals surface area contributed by atoms with Gasteiger partial charge in [-0.1, -0.05) is 98.8 Å². The minimum Gasteiger partial charge on any atom is -0.494 e. The van der Waals surface area contributed by atoms with E-state index in [1.54, 1.807) is 0 Å². The van der Waals surface area contributed by atoms with Gasteiger partial charge in [0.1, 0.15) is 11.5 Å². The van der Waals surface area contributed by atoms with Crippen molar-refractivity contribution >= 4 is 24.8 Å². The molecule has 0 bridgehead atoms. The number of benzene rings is 4.